The third-order valence-corrected chi connectivity index (χ3v) is 2.63. The Kier molecular flexibility index (Phi) is 3.06. The second-order valence-corrected chi connectivity index (χ2v) is 3.93. The highest BCUT2D eigenvalue weighted by molar-refractivity contribution is 5.76. The van der Waals surface area contributed by atoms with Crippen molar-refractivity contribution in [1.29, 1.82) is 0 Å². The van der Waals surface area contributed by atoms with Gasteiger partial charge in [0.05, 0.1) is 6.54 Å². The molecule has 0 aromatic carbocycles. The van der Waals surface area contributed by atoms with Gasteiger partial charge in [-0.1, -0.05) is 0 Å². The van der Waals surface area contributed by atoms with Crippen molar-refractivity contribution < 1.29 is 9.21 Å². The van der Waals surface area contributed by atoms with Crippen molar-refractivity contribution >= 4 is 5.91 Å². The number of amides is 1. The third-order valence-electron chi connectivity index (χ3n) is 2.63. The van der Waals surface area contributed by atoms with Gasteiger partial charge in [0.1, 0.15) is 11.5 Å². The fourth-order valence-corrected chi connectivity index (χ4v) is 1.73. The number of carbonyl (C=O) groups excluding carboxylic acids is 1. The van der Waals surface area contributed by atoms with Crippen molar-refractivity contribution in [2.45, 2.75) is 32.4 Å². The SMILES string of the molecule is Cc1ccc(CNC2CCC(=O)NC2)o1. The Hall–Kier alpha value is -1.29. The Bertz CT molecular complexity index is 336. The molecule has 2 heterocycles. The summed E-state index contributed by atoms with van der Waals surface area (Å²) in [5.41, 5.74) is 0. The van der Waals surface area contributed by atoms with E-state index in [-0.39, 0.29) is 5.91 Å². The molecule has 1 aromatic heterocycles. The van der Waals surface area contributed by atoms with E-state index in [1.807, 2.05) is 19.1 Å². The van der Waals surface area contributed by atoms with Crippen molar-refractivity contribution in [3.05, 3.63) is 23.7 Å². The molecule has 2 rings (SSSR count). The van der Waals surface area contributed by atoms with Gasteiger partial charge in [-0.3, -0.25) is 4.79 Å². The molecule has 0 radical (unpaired) electrons. The van der Waals surface area contributed by atoms with E-state index in [0.29, 0.717) is 12.5 Å². The van der Waals surface area contributed by atoms with Gasteiger partial charge in [-0.2, -0.15) is 0 Å². The van der Waals surface area contributed by atoms with Gasteiger partial charge in [0.15, 0.2) is 0 Å². The van der Waals surface area contributed by atoms with Gasteiger partial charge in [-0.25, -0.2) is 0 Å². The summed E-state index contributed by atoms with van der Waals surface area (Å²) in [4.78, 5) is 10.9. The molecule has 1 saturated heterocycles. The van der Waals surface area contributed by atoms with E-state index >= 15 is 0 Å². The zero-order chi connectivity index (χ0) is 10.7. The molecule has 0 spiro atoms. The molecular formula is C11H16N2O2. The van der Waals surface area contributed by atoms with Crippen LogP contribution in [0.2, 0.25) is 0 Å². The van der Waals surface area contributed by atoms with E-state index in [4.69, 9.17) is 4.42 Å². The second kappa shape index (κ2) is 4.49. The minimum Gasteiger partial charge on any atom is -0.465 e. The lowest BCUT2D eigenvalue weighted by molar-refractivity contribution is -0.122. The van der Waals surface area contributed by atoms with Crippen LogP contribution < -0.4 is 10.6 Å². The summed E-state index contributed by atoms with van der Waals surface area (Å²) in [6.07, 6.45) is 1.53. The predicted molar refractivity (Wildman–Crippen MR) is 56.3 cm³/mol. The van der Waals surface area contributed by atoms with Crippen LogP contribution in [-0.4, -0.2) is 18.5 Å². The molecule has 4 nitrogen and oxygen atoms in total. The zero-order valence-corrected chi connectivity index (χ0v) is 8.88. The molecule has 4 heteroatoms. The summed E-state index contributed by atoms with van der Waals surface area (Å²) in [7, 11) is 0. The van der Waals surface area contributed by atoms with Gasteiger partial charge in [-0.15, -0.1) is 0 Å². The van der Waals surface area contributed by atoms with Crippen molar-refractivity contribution in [1.82, 2.24) is 10.6 Å². The summed E-state index contributed by atoms with van der Waals surface area (Å²) in [5, 5.41) is 6.20. The lowest BCUT2D eigenvalue weighted by Gasteiger charge is -2.22. The van der Waals surface area contributed by atoms with E-state index in [1.54, 1.807) is 0 Å². The topological polar surface area (TPSA) is 54.3 Å². The number of rotatable bonds is 3. The van der Waals surface area contributed by atoms with Crippen molar-refractivity contribution in [3.63, 3.8) is 0 Å². The standard InChI is InChI=1S/C11H16N2O2/c1-8-2-4-10(15-8)7-12-9-3-5-11(14)13-6-9/h2,4,9,12H,3,5-7H2,1H3,(H,13,14). The zero-order valence-electron chi connectivity index (χ0n) is 8.88. The molecule has 1 fully saturated rings. The van der Waals surface area contributed by atoms with Crippen molar-refractivity contribution in [2.75, 3.05) is 6.54 Å². The maximum Gasteiger partial charge on any atom is 0.220 e. The molecule has 82 valence electrons. The normalized spacial score (nSPS) is 21.4. The van der Waals surface area contributed by atoms with Crippen LogP contribution in [0.15, 0.2) is 16.5 Å². The van der Waals surface area contributed by atoms with Crippen LogP contribution >= 0.6 is 0 Å². The van der Waals surface area contributed by atoms with Crippen LogP contribution in [0.3, 0.4) is 0 Å². The molecule has 0 saturated carbocycles. The number of nitrogens with one attached hydrogen (secondary N) is 2. The average molecular weight is 208 g/mol. The monoisotopic (exact) mass is 208 g/mol. The van der Waals surface area contributed by atoms with E-state index in [1.165, 1.54) is 0 Å². The van der Waals surface area contributed by atoms with Crippen molar-refractivity contribution in [2.24, 2.45) is 0 Å². The molecule has 1 aromatic rings. The Morgan fingerprint density at radius 1 is 1.60 bits per heavy atom. The minimum absolute atomic E-state index is 0.155. The van der Waals surface area contributed by atoms with Gasteiger partial charge in [0, 0.05) is 19.0 Å². The molecule has 1 aliphatic rings. The summed E-state index contributed by atoms with van der Waals surface area (Å²) in [6, 6.07) is 4.30. The number of carbonyl (C=O) groups is 1. The summed E-state index contributed by atoms with van der Waals surface area (Å²) >= 11 is 0. The van der Waals surface area contributed by atoms with Crippen LogP contribution in [0.25, 0.3) is 0 Å². The molecular weight excluding hydrogens is 192 g/mol. The third kappa shape index (κ3) is 2.83. The molecule has 1 amide bonds. The maximum atomic E-state index is 10.9. The second-order valence-electron chi connectivity index (χ2n) is 3.93. The first kappa shape index (κ1) is 10.2. The van der Waals surface area contributed by atoms with E-state index in [9.17, 15) is 4.79 Å². The van der Waals surface area contributed by atoms with Crippen LogP contribution in [0.1, 0.15) is 24.4 Å². The van der Waals surface area contributed by atoms with E-state index < -0.39 is 0 Å². The predicted octanol–water partition coefficient (Wildman–Crippen LogP) is 0.956. The molecule has 1 aliphatic heterocycles. The number of piperidine rings is 1. The lowest BCUT2D eigenvalue weighted by atomic mass is 10.1. The highest BCUT2D eigenvalue weighted by atomic mass is 16.3. The van der Waals surface area contributed by atoms with E-state index in [2.05, 4.69) is 10.6 Å². The summed E-state index contributed by atoms with van der Waals surface area (Å²) < 4.78 is 5.45. The fourth-order valence-electron chi connectivity index (χ4n) is 1.73. The Morgan fingerprint density at radius 2 is 2.47 bits per heavy atom. The number of aryl methyl sites for hydroxylation is 1. The minimum atomic E-state index is 0.155. The molecule has 1 unspecified atom stereocenters. The Balaban J connectivity index is 1.76. The number of hydrogen-bond acceptors (Lipinski definition) is 3. The summed E-state index contributed by atoms with van der Waals surface area (Å²) in [5.74, 6) is 2.04. The van der Waals surface area contributed by atoms with Gasteiger partial charge in [-0.05, 0) is 25.5 Å². The molecule has 0 aliphatic carbocycles. The first-order valence-corrected chi connectivity index (χ1v) is 5.29. The Morgan fingerprint density at radius 3 is 3.07 bits per heavy atom. The number of furan rings is 1. The highest BCUT2D eigenvalue weighted by Crippen LogP contribution is 2.08. The van der Waals surface area contributed by atoms with Crippen molar-refractivity contribution in [3.8, 4) is 0 Å². The van der Waals surface area contributed by atoms with Crippen LogP contribution in [0.4, 0.5) is 0 Å². The Labute approximate surface area is 89.0 Å². The molecule has 1 atom stereocenters. The molecule has 0 bridgehead atoms. The van der Waals surface area contributed by atoms with Gasteiger partial charge < -0.3 is 15.1 Å². The maximum absolute atomic E-state index is 10.9. The van der Waals surface area contributed by atoms with Gasteiger partial charge in [0.25, 0.3) is 0 Å². The largest absolute Gasteiger partial charge is 0.465 e. The summed E-state index contributed by atoms with van der Waals surface area (Å²) in [6.45, 7) is 3.39. The average Bonchev–Trinajstić information content (AvgIpc) is 2.64. The van der Waals surface area contributed by atoms with Gasteiger partial charge in [0.2, 0.25) is 5.91 Å². The van der Waals surface area contributed by atoms with Crippen LogP contribution in [-0.2, 0) is 11.3 Å². The fraction of sp³-hybridized carbons (Fsp3) is 0.545. The van der Waals surface area contributed by atoms with Crippen LogP contribution in [0.5, 0.6) is 0 Å². The molecule has 2 N–H and O–H groups in total. The first-order valence-electron chi connectivity index (χ1n) is 5.29. The van der Waals surface area contributed by atoms with E-state index in [0.717, 1.165) is 31.0 Å². The highest BCUT2D eigenvalue weighted by Gasteiger charge is 2.17. The quantitative estimate of drug-likeness (QED) is 0.777. The lowest BCUT2D eigenvalue weighted by Crippen LogP contribution is -2.45. The first-order chi connectivity index (χ1) is 7.24. The molecule has 15 heavy (non-hydrogen) atoms. The smallest absolute Gasteiger partial charge is 0.220 e. The number of hydrogen-bond donors (Lipinski definition) is 2. The van der Waals surface area contributed by atoms with Gasteiger partial charge >= 0.3 is 0 Å². The van der Waals surface area contributed by atoms with Crippen LogP contribution in [0, 0.1) is 6.92 Å².